The average molecular weight is 358 g/mol. The summed E-state index contributed by atoms with van der Waals surface area (Å²) < 4.78 is 11.2. The standard InChI is InChI=1S/C20H30N4O2/c1-15(2)19-13-18(26-24-19)14-23-20(21-4)22-11-8-12-25-16(3)17-9-6-5-7-10-17/h5-7,9-10,13,15-16H,8,11-12,14H2,1-4H3,(H2,21,22,23). The van der Waals surface area contributed by atoms with Gasteiger partial charge in [-0.2, -0.15) is 0 Å². The summed E-state index contributed by atoms with van der Waals surface area (Å²) in [4.78, 5) is 4.22. The fraction of sp³-hybridized carbons (Fsp3) is 0.500. The Morgan fingerprint density at radius 3 is 2.62 bits per heavy atom. The van der Waals surface area contributed by atoms with E-state index in [9.17, 15) is 0 Å². The highest BCUT2D eigenvalue weighted by Gasteiger charge is 2.08. The van der Waals surface area contributed by atoms with E-state index in [0.717, 1.165) is 30.4 Å². The van der Waals surface area contributed by atoms with Gasteiger partial charge in [-0.05, 0) is 24.8 Å². The summed E-state index contributed by atoms with van der Waals surface area (Å²) >= 11 is 0. The minimum absolute atomic E-state index is 0.107. The second-order valence-corrected chi connectivity index (χ2v) is 6.50. The van der Waals surface area contributed by atoms with Crippen LogP contribution in [0.2, 0.25) is 0 Å². The molecule has 0 radical (unpaired) electrons. The minimum atomic E-state index is 0.107. The first-order chi connectivity index (χ1) is 12.6. The molecule has 0 bridgehead atoms. The minimum Gasteiger partial charge on any atom is -0.374 e. The number of benzene rings is 1. The van der Waals surface area contributed by atoms with E-state index in [1.165, 1.54) is 5.56 Å². The first-order valence-electron chi connectivity index (χ1n) is 9.16. The largest absolute Gasteiger partial charge is 0.374 e. The lowest BCUT2D eigenvalue weighted by molar-refractivity contribution is 0.0646. The third-order valence-corrected chi connectivity index (χ3v) is 4.07. The summed E-state index contributed by atoms with van der Waals surface area (Å²) in [5.41, 5.74) is 2.17. The highest BCUT2D eigenvalue weighted by atomic mass is 16.5. The van der Waals surface area contributed by atoms with Crippen LogP contribution in [0, 0.1) is 0 Å². The van der Waals surface area contributed by atoms with Gasteiger partial charge in [0.1, 0.15) is 0 Å². The van der Waals surface area contributed by atoms with Gasteiger partial charge >= 0.3 is 0 Å². The summed E-state index contributed by atoms with van der Waals surface area (Å²) in [6.45, 7) is 8.30. The van der Waals surface area contributed by atoms with Gasteiger partial charge in [0.2, 0.25) is 0 Å². The Morgan fingerprint density at radius 1 is 1.19 bits per heavy atom. The van der Waals surface area contributed by atoms with E-state index in [4.69, 9.17) is 9.26 Å². The van der Waals surface area contributed by atoms with Crippen LogP contribution >= 0.6 is 0 Å². The number of nitrogens with zero attached hydrogens (tertiary/aromatic N) is 2. The molecule has 2 rings (SSSR count). The summed E-state index contributed by atoms with van der Waals surface area (Å²) in [5.74, 6) is 1.91. The van der Waals surface area contributed by atoms with Gasteiger partial charge in [0, 0.05) is 26.3 Å². The molecule has 6 nitrogen and oxygen atoms in total. The van der Waals surface area contributed by atoms with Crippen LogP contribution in [-0.2, 0) is 11.3 Å². The predicted molar refractivity (Wildman–Crippen MR) is 104 cm³/mol. The molecule has 1 heterocycles. The van der Waals surface area contributed by atoms with Gasteiger partial charge in [-0.25, -0.2) is 0 Å². The fourth-order valence-corrected chi connectivity index (χ4v) is 2.44. The quantitative estimate of drug-likeness (QED) is 0.407. The van der Waals surface area contributed by atoms with Crippen LogP contribution in [0.3, 0.4) is 0 Å². The first-order valence-corrected chi connectivity index (χ1v) is 9.16. The van der Waals surface area contributed by atoms with Gasteiger partial charge < -0.3 is 19.9 Å². The molecule has 1 unspecified atom stereocenters. The van der Waals surface area contributed by atoms with Gasteiger partial charge in [0.25, 0.3) is 0 Å². The third-order valence-electron chi connectivity index (χ3n) is 4.07. The van der Waals surface area contributed by atoms with Gasteiger partial charge in [-0.1, -0.05) is 49.3 Å². The zero-order valence-electron chi connectivity index (χ0n) is 16.2. The lowest BCUT2D eigenvalue weighted by Crippen LogP contribution is -2.37. The molecule has 26 heavy (non-hydrogen) atoms. The molecule has 142 valence electrons. The molecule has 1 atom stereocenters. The first kappa shape index (κ1) is 20.0. The maximum atomic E-state index is 5.87. The number of hydrogen-bond acceptors (Lipinski definition) is 4. The van der Waals surface area contributed by atoms with E-state index in [-0.39, 0.29) is 6.10 Å². The molecule has 2 aromatic rings. The molecule has 0 amide bonds. The lowest BCUT2D eigenvalue weighted by Gasteiger charge is -2.14. The number of nitrogens with one attached hydrogen (secondary N) is 2. The van der Waals surface area contributed by atoms with E-state index in [1.807, 2.05) is 24.3 Å². The second kappa shape index (κ2) is 10.6. The van der Waals surface area contributed by atoms with Crippen molar-refractivity contribution in [3.8, 4) is 0 Å². The van der Waals surface area contributed by atoms with Crippen molar-refractivity contribution in [2.75, 3.05) is 20.2 Å². The Morgan fingerprint density at radius 2 is 1.96 bits per heavy atom. The average Bonchev–Trinajstić information content (AvgIpc) is 3.14. The second-order valence-electron chi connectivity index (χ2n) is 6.50. The Balaban J connectivity index is 1.62. The summed E-state index contributed by atoms with van der Waals surface area (Å²) in [6.07, 6.45) is 1.01. The van der Waals surface area contributed by atoms with Gasteiger partial charge in [0.15, 0.2) is 11.7 Å². The van der Waals surface area contributed by atoms with Crippen molar-refractivity contribution in [2.24, 2.45) is 4.99 Å². The Hall–Kier alpha value is -2.34. The van der Waals surface area contributed by atoms with Crippen LogP contribution in [-0.4, -0.2) is 31.3 Å². The van der Waals surface area contributed by atoms with Crippen molar-refractivity contribution in [1.29, 1.82) is 0 Å². The number of guanidine groups is 1. The Bertz CT molecular complexity index is 667. The van der Waals surface area contributed by atoms with Crippen molar-refractivity contribution in [2.45, 2.75) is 45.8 Å². The van der Waals surface area contributed by atoms with Crippen LogP contribution < -0.4 is 10.6 Å². The van der Waals surface area contributed by atoms with E-state index >= 15 is 0 Å². The highest BCUT2D eigenvalue weighted by Crippen LogP contribution is 2.16. The van der Waals surface area contributed by atoms with Crippen LogP contribution in [0.15, 0.2) is 45.9 Å². The highest BCUT2D eigenvalue weighted by molar-refractivity contribution is 5.79. The van der Waals surface area contributed by atoms with Crippen LogP contribution in [0.5, 0.6) is 0 Å². The number of aliphatic imine (C=N–C) groups is 1. The number of ether oxygens (including phenoxy) is 1. The monoisotopic (exact) mass is 358 g/mol. The van der Waals surface area contributed by atoms with E-state index in [0.29, 0.717) is 19.1 Å². The van der Waals surface area contributed by atoms with Crippen molar-refractivity contribution in [3.05, 3.63) is 53.4 Å². The molecule has 6 heteroatoms. The van der Waals surface area contributed by atoms with Crippen LogP contribution in [0.4, 0.5) is 0 Å². The molecule has 1 aromatic heterocycles. The van der Waals surface area contributed by atoms with E-state index in [1.54, 1.807) is 7.05 Å². The zero-order valence-corrected chi connectivity index (χ0v) is 16.2. The molecule has 2 N–H and O–H groups in total. The van der Waals surface area contributed by atoms with Gasteiger partial charge in [0.05, 0.1) is 18.3 Å². The summed E-state index contributed by atoms with van der Waals surface area (Å²) in [6, 6.07) is 12.2. The maximum Gasteiger partial charge on any atom is 0.191 e. The maximum absolute atomic E-state index is 5.87. The molecule has 0 spiro atoms. The van der Waals surface area contributed by atoms with E-state index < -0.39 is 0 Å². The molecule has 0 aliphatic heterocycles. The van der Waals surface area contributed by atoms with Crippen molar-refractivity contribution >= 4 is 5.96 Å². The smallest absolute Gasteiger partial charge is 0.191 e. The molecule has 1 aromatic carbocycles. The molecule has 0 saturated carbocycles. The van der Waals surface area contributed by atoms with Crippen LogP contribution in [0.25, 0.3) is 0 Å². The molecule has 0 fully saturated rings. The molecule has 0 aliphatic rings. The SMILES string of the molecule is CN=C(NCCCOC(C)c1ccccc1)NCc1cc(C(C)C)no1. The molecular weight excluding hydrogens is 328 g/mol. The van der Waals surface area contributed by atoms with Crippen molar-refractivity contribution in [1.82, 2.24) is 15.8 Å². The number of hydrogen-bond donors (Lipinski definition) is 2. The number of rotatable bonds is 9. The molecular formula is C20H30N4O2. The summed E-state index contributed by atoms with van der Waals surface area (Å²) in [7, 11) is 1.75. The van der Waals surface area contributed by atoms with Crippen molar-refractivity contribution < 1.29 is 9.26 Å². The molecule has 0 aliphatic carbocycles. The lowest BCUT2D eigenvalue weighted by atomic mass is 10.1. The van der Waals surface area contributed by atoms with Gasteiger partial charge in [-0.3, -0.25) is 4.99 Å². The zero-order chi connectivity index (χ0) is 18.8. The van der Waals surface area contributed by atoms with E-state index in [2.05, 4.69) is 53.7 Å². The molecule has 0 saturated heterocycles. The topological polar surface area (TPSA) is 71.7 Å². The predicted octanol–water partition coefficient (Wildman–Crippen LogP) is 3.63. The fourth-order valence-electron chi connectivity index (χ4n) is 2.44. The Labute approximate surface area is 156 Å². The van der Waals surface area contributed by atoms with Gasteiger partial charge in [-0.15, -0.1) is 0 Å². The third kappa shape index (κ3) is 6.52. The normalized spacial score (nSPS) is 13.0. The number of aromatic nitrogens is 1. The Kier molecular flexibility index (Phi) is 8.15. The summed E-state index contributed by atoms with van der Waals surface area (Å²) in [5, 5.41) is 10.6. The van der Waals surface area contributed by atoms with Crippen LogP contribution in [0.1, 0.15) is 56.2 Å². The van der Waals surface area contributed by atoms with Crippen molar-refractivity contribution in [3.63, 3.8) is 0 Å².